The smallest absolute Gasteiger partial charge is 0.0660 e. The van der Waals surface area contributed by atoms with Gasteiger partial charge in [0.1, 0.15) is 0 Å². The highest BCUT2D eigenvalue weighted by Gasteiger charge is 2.05. The molecular weight excluding hydrogens is 336 g/mol. The summed E-state index contributed by atoms with van der Waals surface area (Å²) in [5.74, 6) is 0. The van der Waals surface area contributed by atoms with Crippen molar-refractivity contribution in [3.8, 4) is 16.8 Å². The Morgan fingerprint density at radius 1 is 1.10 bits per heavy atom. The molecule has 3 rings (SSSR count). The molecule has 2 nitrogen and oxygen atoms in total. The molecule has 0 spiro atoms. The molecule has 2 aromatic carbocycles. The van der Waals surface area contributed by atoms with Gasteiger partial charge >= 0.3 is 0 Å². The lowest BCUT2D eigenvalue weighted by Gasteiger charge is -2.03. The molecule has 0 aliphatic rings. The third-order valence-corrected chi connectivity index (χ3v) is 4.06. The van der Waals surface area contributed by atoms with Gasteiger partial charge in [-0.25, -0.2) is 4.68 Å². The van der Waals surface area contributed by atoms with Crippen LogP contribution >= 0.6 is 27.5 Å². The predicted octanol–water partition coefficient (Wildman–Crippen LogP) is 5.26. The van der Waals surface area contributed by atoms with Crippen molar-refractivity contribution in [2.45, 2.75) is 6.92 Å². The van der Waals surface area contributed by atoms with E-state index in [1.807, 2.05) is 54.3 Å². The minimum atomic E-state index is 0.752. The van der Waals surface area contributed by atoms with E-state index < -0.39 is 0 Å². The van der Waals surface area contributed by atoms with Crippen molar-refractivity contribution in [2.75, 3.05) is 0 Å². The number of rotatable bonds is 2. The van der Waals surface area contributed by atoms with Gasteiger partial charge in [-0.2, -0.15) is 5.10 Å². The van der Waals surface area contributed by atoms with E-state index in [0.29, 0.717) is 0 Å². The Kier molecular flexibility index (Phi) is 3.64. The van der Waals surface area contributed by atoms with Crippen LogP contribution in [0.25, 0.3) is 16.8 Å². The predicted molar refractivity (Wildman–Crippen MR) is 86.4 cm³/mol. The summed E-state index contributed by atoms with van der Waals surface area (Å²) in [6.45, 7) is 1.99. The summed E-state index contributed by atoms with van der Waals surface area (Å²) in [6.07, 6.45) is 3.86. The third-order valence-electron chi connectivity index (χ3n) is 3.16. The van der Waals surface area contributed by atoms with Crippen LogP contribution in [0.15, 0.2) is 59.3 Å². The lowest BCUT2D eigenvalue weighted by molar-refractivity contribution is 0.880. The minimum absolute atomic E-state index is 0.752. The fourth-order valence-corrected chi connectivity index (χ4v) is 2.58. The first kappa shape index (κ1) is 13.4. The minimum Gasteiger partial charge on any atom is -0.240 e. The summed E-state index contributed by atoms with van der Waals surface area (Å²) >= 11 is 9.64. The Morgan fingerprint density at radius 2 is 1.95 bits per heavy atom. The Balaban J connectivity index is 1.99. The van der Waals surface area contributed by atoms with Crippen LogP contribution < -0.4 is 0 Å². The monoisotopic (exact) mass is 346 g/mol. The van der Waals surface area contributed by atoms with Crippen molar-refractivity contribution in [2.24, 2.45) is 0 Å². The molecule has 0 saturated carbocycles. The summed E-state index contributed by atoms with van der Waals surface area (Å²) in [6, 6.07) is 14.1. The Labute approximate surface area is 131 Å². The van der Waals surface area contributed by atoms with Gasteiger partial charge in [-0.1, -0.05) is 45.7 Å². The molecule has 20 heavy (non-hydrogen) atoms. The lowest BCUT2D eigenvalue weighted by atomic mass is 10.1. The van der Waals surface area contributed by atoms with E-state index in [0.717, 1.165) is 31.9 Å². The molecule has 1 heterocycles. The zero-order chi connectivity index (χ0) is 14.1. The summed E-state index contributed by atoms with van der Waals surface area (Å²) in [5, 5.41) is 5.16. The number of hydrogen-bond donors (Lipinski definition) is 0. The van der Waals surface area contributed by atoms with Crippen LogP contribution in [0, 0.1) is 6.92 Å². The molecule has 4 heteroatoms. The zero-order valence-electron chi connectivity index (χ0n) is 10.8. The second-order valence-electron chi connectivity index (χ2n) is 4.62. The van der Waals surface area contributed by atoms with Crippen LogP contribution in [-0.4, -0.2) is 9.78 Å². The van der Waals surface area contributed by atoms with Crippen molar-refractivity contribution in [3.05, 3.63) is 69.9 Å². The van der Waals surface area contributed by atoms with E-state index in [9.17, 15) is 0 Å². The molecule has 0 aliphatic carbocycles. The number of aromatic nitrogens is 2. The van der Waals surface area contributed by atoms with Crippen molar-refractivity contribution < 1.29 is 0 Å². The molecule has 1 aromatic heterocycles. The quantitative estimate of drug-likeness (QED) is 0.618. The van der Waals surface area contributed by atoms with Crippen LogP contribution in [0.2, 0.25) is 5.02 Å². The maximum absolute atomic E-state index is 6.16. The first-order valence-electron chi connectivity index (χ1n) is 6.20. The van der Waals surface area contributed by atoms with Gasteiger partial charge in [-0.3, -0.25) is 0 Å². The van der Waals surface area contributed by atoms with Gasteiger partial charge in [-0.15, -0.1) is 0 Å². The molecular formula is C16H12BrClN2. The number of nitrogens with zero attached hydrogens (tertiary/aromatic N) is 2. The molecule has 100 valence electrons. The van der Waals surface area contributed by atoms with Crippen molar-refractivity contribution in [1.29, 1.82) is 0 Å². The number of hydrogen-bond acceptors (Lipinski definition) is 1. The largest absolute Gasteiger partial charge is 0.240 e. The van der Waals surface area contributed by atoms with Crippen LogP contribution in [0.4, 0.5) is 0 Å². The van der Waals surface area contributed by atoms with E-state index in [4.69, 9.17) is 11.6 Å². The van der Waals surface area contributed by atoms with Crippen LogP contribution in [-0.2, 0) is 0 Å². The van der Waals surface area contributed by atoms with Gasteiger partial charge in [0.05, 0.1) is 11.9 Å². The highest BCUT2D eigenvalue weighted by atomic mass is 79.9. The fourth-order valence-electron chi connectivity index (χ4n) is 2.01. The number of halogens is 2. The molecule has 0 N–H and O–H groups in total. The van der Waals surface area contributed by atoms with Gasteiger partial charge in [-0.05, 0) is 42.3 Å². The number of aryl methyl sites for hydroxylation is 1. The highest BCUT2D eigenvalue weighted by Crippen LogP contribution is 2.24. The van der Waals surface area contributed by atoms with Crippen molar-refractivity contribution >= 4 is 27.5 Å². The summed E-state index contributed by atoms with van der Waals surface area (Å²) in [7, 11) is 0. The summed E-state index contributed by atoms with van der Waals surface area (Å²) in [5.41, 5.74) is 4.23. The van der Waals surface area contributed by atoms with E-state index in [2.05, 4.69) is 33.2 Å². The zero-order valence-corrected chi connectivity index (χ0v) is 13.2. The van der Waals surface area contributed by atoms with Crippen LogP contribution in [0.5, 0.6) is 0 Å². The fraction of sp³-hybridized carbons (Fsp3) is 0.0625. The molecule has 0 amide bonds. The average molecular weight is 348 g/mol. The molecule has 0 unspecified atom stereocenters. The van der Waals surface area contributed by atoms with E-state index >= 15 is 0 Å². The van der Waals surface area contributed by atoms with E-state index in [-0.39, 0.29) is 0 Å². The first-order valence-corrected chi connectivity index (χ1v) is 7.38. The van der Waals surface area contributed by atoms with Crippen molar-refractivity contribution in [3.63, 3.8) is 0 Å². The Morgan fingerprint density at radius 3 is 2.70 bits per heavy atom. The second-order valence-corrected chi connectivity index (χ2v) is 5.94. The van der Waals surface area contributed by atoms with Gasteiger partial charge in [0.2, 0.25) is 0 Å². The maximum atomic E-state index is 6.16. The molecule has 0 fully saturated rings. The number of benzene rings is 2. The van der Waals surface area contributed by atoms with Crippen molar-refractivity contribution in [1.82, 2.24) is 9.78 Å². The average Bonchev–Trinajstić information content (AvgIpc) is 2.92. The maximum Gasteiger partial charge on any atom is 0.0660 e. The second kappa shape index (κ2) is 5.43. The van der Waals surface area contributed by atoms with Gasteiger partial charge in [0.15, 0.2) is 0 Å². The summed E-state index contributed by atoms with van der Waals surface area (Å²) < 4.78 is 2.89. The van der Waals surface area contributed by atoms with E-state index in [1.165, 1.54) is 0 Å². The molecule has 0 aliphatic heterocycles. The van der Waals surface area contributed by atoms with E-state index in [1.54, 1.807) is 0 Å². The SMILES string of the molecule is Cc1ccc(-n2cc(-c3cccc(Br)c3)cn2)cc1Cl. The van der Waals surface area contributed by atoms with Gasteiger partial charge in [0.25, 0.3) is 0 Å². The molecule has 3 aromatic rings. The topological polar surface area (TPSA) is 17.8 Å². The lowest BCUT2D eigenvalue weighted by Crippen LogP contribution is -1.94. The van der Waals surface area contributed by atoms with Gasteiger partial charge in [0, 0.05) is 21.3 Å². The standard InChI is InChI=1S/C16H12BrClN2/c1-11-5-6-15(8-16(11)18)20-10-13(9-19-20)12-3-2-4-14(17)7-12/h2-10H,1H3. The molecule has 0 saturated heterocycles. The first-order chi connectivity index (χ1) is 9.63. The summed E-state index contributed by atoms with van der Waals surface area (Å²) in [4.78, 5) is 0. The third kappa shape index (κ3) is 2.65. The van der Waals surface area contributed by atoms with Crippen LogP contribution in [0.3, 0.4) is 0 Å². The Bertz CT molecular complexity index is 765. The molecule has 0 radical (unpaired) electrons. The highest BCUT2D eigenvalue weighted by molar-refractivity contribution is 9.10. The Hall–Kier alpha value is -1.58. The molecule has 0 atom stereocenters. The normalized spacial score (nSPS) is 10.8. The van der Waals surface area contributed by atoms with Crippen LogP contribution in [0.1, 0.15) is 5.56 Å². The molecule has 0 bridgehead atoms. The van der Waals surface area contributed by atoms with Gasteiger partial charge < -0.3 is 0 Å².